The van der Waals surface area contributed by atoms with Gasteiger partial charge in [-0.15, -0.1) is 0 Å². The summed E-state index contributed by atoms with van der Waals surface area (Å²) in [6.45, 7) is 1.56. The monoisotopic (exact) mass is 238 g/mol. The molecule has 0 spiro atoms. The van der Waals surface area contributed by atoms with E-state index in [0.717, 1.165) is 19.4 Å². The lowest BCUT2D eigenvalue weighted by Gasteiger charge is -2.25. The van der Waals surface area contributed by atoms with E-state index in [4.69, 9.17) is 4.74 Å². The van der Waals surface area contributed by atoms with Gasteiger partial charge in [0.25, 0.3) is 0 Å². The third kappa shape index (κ3) is 2.47. The fourth-order valence-corrected chi connectivity index (χ4v) is 3.43. The molecule has 3 rings (SSSR count). The predicted octanol–water partition coefficient (Wildman–Crippen LogP) is 0.812. The molecule has 0 aromatic rings. The molecule has 0 aromatic heterocycles. The molecule has 4 nitrogen and oxygen atoms in total. The van der Waals surface area contributed by atoms with Gasteiger partial charge in [-0.1, -0.05) is 0 Å². The van der Waals surface area contributed by atoms with Crippen LogP contribution in [0.1, 0.15) is 38.5 Å². The Bertz CT molecular complexity index is 289. The van der Waals surface area contributed by atoms with Crippen LogP contribution in [0.4, 0.5) is 0 Å². The van der Waals surface area contributed by atoms with E-state index in [-0.39, 0.29) is 17.9 Å². The number of carbonyl (C=O) groups is 1. The van der Waals surface area contributed by atoms with Gasteiger partial charge in [0.05, 0.1) is 12.0 Å². The first kappa shape index (κ1) is 11.5. The number of carbonyl (C=O) groups excluding carboxylic acids is 1. The van der Waals surface area contributed by atoms with Crippen molar-refractivity contribution in [3.8, 4) is 0 Å². The molecule has 1 amide bonds. The molecule has 3 aliphatic heterocycles. The lowest BCUT2D eigenvalue weighted by Crippen LogP contribution is -2.42. The van der Waals surface area contributed by atoms with E-state index in [1.165, 1.54) is 25.7 Å². The van der Waals surface area contributed by atoms with E-state index in [0.29, 0.717) is 18.6 Å². The number of hydrogen-bond donors (Lipinski definition) is 2. The average molecular weight is 238 g/mol. The highest BCUT2D eigenvalue weighted by Crippen LogP contribution is 2.33. The average Bonchev–Trinajstić information content (AvgIpc) is 2.99. The van der Waals surface area contributed by atoms with Gasteiger partial charge in [-0.05, 0) is 38.5 Å². The van der Waals surface area contributed by atoms with Crippen LogP contribution in [0.25, 0.3) is 0 Å². The molecule has 0 radical (unpaired) electrons. The molecule has 3 saturated heterocycles. The lowest BCUT2D eigenvalue weighted by molar-refractivity contribution is -0.126. The Morgan fingerprint density at radius 3 is 2.88 bits per heavy atom. The number of ether oxygens (including phenoxy) is 1. The second-order valence-corrected chi connectivity index (χ2v) is 5.62. The molecule has 0 saturated carbocycles. The van der Waals surface area contributed by atoms with E-state index in [1.54, 1.807) is 0 Å². The van der Waals surface area contributed by atoms with E-state index in [9.17, 15) is 4.79 Å². The van der Waals surface area contributed by atoms with Crippen molar-refractivity contribution in [3.63, 3.8) is 0 Å². The molecule has 3 aliphatic rings. The van der Waals surface area contributed by atoms with E-state index in [2.05, 4.69) is 10.6 Å². The molecule has 3 fully saturated rings. The third-order valence-electron chi connectivity index (χ3n) is 4.41. The van der Waals surface area contributed by atoms with Gasteiger partial charge in [-0.25, -0.2) is 0 Å². The summed E-state index contributed by atoms with van der Waals surface area (Å²) >= 11 is 0. The van der Waals surface area contributed by atoms with Crippen LogP contribution in [0.15, 0.2) is 0 Å². The molecular weight excluding hydrogens is 216 g/mol. The molecule has 2 bridgehead atoms. The fraction of sp³-hybridized carbons (Fsp3) is 0.923. The van der Waals surface area contributed by atoms with Gasteiger partial charge in [-0.3, -0.25) is 4.79 Å². The van der Waals surface area contributed by atoms with Crippen molar-refractivity contribution >= 4 is 5.91 Å². The molecular formula is C13H22N2O2. The van der Waals surface area contributed by atoms with Gasteiger partial charge in [0.15, 0.2) is 0 Å². The largest absolute Gasteiger partial charge is 0.376 e. The lowest BCUT2D eigenvalue weighted by atomic mass is 9.88. The SMILES string of the molecule is O=C(NCC1CCCCO1)C1CC2CCC1N2. The molecule has 4 atom stereocenters. The maximum Gasteiger partial charge on any atom is 0.224 e. The van der Waals surface area contributed by atoms with Crippen molar-refractivity contribution in [1.29, 1.82) is 0 Å². The van der Waals surface area contributed by atoms with Gasteiger partial charge >= 0.3 is 0 Å². The number of fused-ring (bicyclic) bond motifs is 2. The van der Waals surface area contributed by atoms with Crippen molar-refractivity contribution in [2.24, 2.45) is 5.92 Å². The normalized spacial score (nSPS) is 40.5. The van der Waals surface area contributed by atoms with Crippen molar-refractivity contribution in [2.75, 3.05) is 13.2 Å². The van der Waals surface area contributed by atoms with Crippen molar-refractivity contribution in [1.82, 2.24) is 10.6 Å². The van der Waals surface area contributed by atoms with Crippen LogP contribution in [-0.4, -0.2) is 37.2 Å². The number of hydrogen-bond acceptors (Lipinski definition) is 3. The summed E-state index contributed by atoms with van der Waals surface area (Å²) < 4.78 is 5.62. The maximum atomic E-state index is 12.1. The first-order valence-corrected chi connectivity index (χ1v) is 6.98. The maximum absolute atomic E-state index is 12.1. The Kier molecular flexibility index (Phi) is 3.34. The highest BCUT2D eigenvalue weighted by molar-refractivity contribution is 5.80. The molecule has 4 unspecified atom stereocenters. The Hall–Kier alpha value is -0.610. The highest BCUT2D eigenvalue weighted by atomic mass is 16.5. The molecule has 4 heteroatoms. The fourth-order valence-electron chi connectivity index (χ4n) is 3.43. The van der Waals surface area contributed by atoms with Crippen molar-refractivity contribution < 1.29 is 9.53 Å². The quantitative estimate of drug-likeness (QED) is 0.765. The Balaban J connectivity index is 1.44. The standard InChI is InChI=1S/C13H22N2O2/c16-13(11-7-9-4-5-12(11)15-9)14-8-10-3-1-2-6-17-10/h9-12,15H,1-8H2,(H,14,16). The zero-order valence-corrected chi connectivity index (χ0v) is 10.3. The minimum atomic E-state index is 0.206. The van der Waals surface area contributed by atoms with Gasteiger partial charge in [0.1, 0.15) is 0 Å². The summed E-state index contributed by atoms with van der Waals surface area (Å²) in [5.41, 5.74) is 0. The number of amides is 1. The zero-order valence-electron chi connectivity index (χ0n) is 10.3. The summed E-state index contributed by atoms with van der Waals surface area (Å²) in [7, 11) is 0. The first-order chi connectivity index (χ1) is 8.33. The Morgan fingerprint density at radius 2 is 2.24 bits per heavy atom. The summed E-state index contributed by atoms with van der Waals surface area (Å²) in [6, 6.07) is 1.04. The van der Waals surface area contributed by atoms with Crippen LogP contribution in [0, 0.1) is 5.92 Å². The molecule has 2 N–H and O–H groups in total. The second kappa shape index (κ2) is 4.94. The van der Waals surface area contributed by atoms with Crippen LogP contribution < -0.4 is 10.6 Å². The van der Waals surface area contributed by atoms with E-state index >= 15 is 0 Å². The Labute approximate surface area is 102 Å². The van der Waals surface area contributed by atoms with E-state index < -0.39 is 0 Å². The van der Waals surface area contributed by atoms with Gasteiger partial charge in [0.2, 0.25) is 5.91 Å². The zero-order chi connectivity index (χ0) is 11.7. The summed E-state index contributed by atoms with van der Waals surface area (Å²) in [6.07, 6.45) is 7.19. The summed E-state index contributed by atoms with van der Waals surface area (Å²) in [5, 5.41) is 6.58. The second-order valence-electron chi connectivity index (χ2n) is 5.62. The van der Waals surface area contributed by atoms with Crippen LogP contribution in [-0.2, 0) is 9.53 Å². The first-order valence-electron chi connectivity index (χ1n) is 6.98. The van der Waals surface area contributed by atoms with Crippen LogP contribution in [0.2, 0.25) is 0 Å². The highest BCUT2D eigenvalue weighted by Gasteiger charge is 2.42. The van der Waals surface area contributed by atoms with Crippen molar-refractivity contribution in [3.05, 3.63) is 0 Å². The van der Waals surface area contributed by atoms with Crippen LogP contribution in [0.3, 0.4) is 0 Å². The number of nitrogens with one attached hydrogen (secondary N) is 2. The third-order valence-corrected chi connectivity index (χ3v) is 4.41. The molecule has 17 heavy (non-hydrogen) atoms. The molecule has 0 aromatic carbocycles. The number of rotatable bonds is 3. The van der Waals surface area contributed by atoms with Crippen molar-refractivity contribution in [2.45, 2.75) is 56.7 Å². The molecule has 96 valence electrons. The molecule has 3 heterocycles. The Morgan fingerprint density at radius 1 is 1.29 bits per heavy atom. The van der Waals surface area contributed by atoms with Gasteiger partial charge in [-0.2, -0.15) is 0 Å². The van der Waals surface area contributed by atoms with Crippen LogP contribution >= 0.6 is 0 Å². The predicted molar refractivity (Wildman–Crippen MR) is 64.7 cm³/mol. The summed E-state index contributed by atoms with van der Waals surface area (Å²) in [4.78, 5) is 12.1. The van der Waals surface area contributed by atoms with Gasteiger partial charge in [0, 0.05) is 25.2 Å². The summed E-state index contributed by atoms with van der Waals surface area (Å²) in [5.74, 6) is 0.441. The van der Waals surface area contributed by atoms with Crippen LogP contribution in [0.5, 0.6) is 0 Å². The smallest absolute Gasteiger partial charge is 0.224 e. The topological polar surface area (TPSA) is 50.4 Å². The molecule has 0 aliphatic carbocycles. The van der Waals surface area contributed by atoms with Gasteiger partial charge < -0.3 is 15.4 Å². The minimum Gasteiger partial charge on any atom is -0.376 e. The van der Waals surface area contributed by atoms with E-state index in [1.807, 2.05) is 0 Å². The minimum absolute atomic E-state index is 0.206.